The summed E-state index contributed by atoms with van der Waals surface area (Å²) in [5.74, 6) is 0. The van der Waals surface area contributed by atoms with Gasteiger partial charge < -0.3 is 10.1 Å². The van der Waals surface area contributed by atoms with Crippen molar-refractivity contribution in [2.45, 2.75) is 25.6 Å². The van der Waals surface area contributed by atoms with Gasteiger partial charge in [0.2, 0.25) is 0 Å². The highest BCUT2D eigenvalue weighted by atomic mass is 127. The van der Waals surface area contributed by atoms with Crippen LogP contribution in [0.5, 0.6) is 0 Å². The summed E-state index contributed by atoms with van der Waals surface area (Å²) < 4.78 is 8.48. The average molecular weight is 483 g/mol. The van der Waals surface area contributed by atoms with Crippen LogP contribution >= 0.6 is 50.9 Å². The molecule has 1 heterocycles. The molecule has 3 rings (SSSR count). The number of fused-ring (bicyclic) bond motifs is 1. The SMILES string of the molecule is Brc1c(COC2CCNCC2)ccc2cc(I)ccc12.Cl. The van der Waals surface area contributed by atoms with Gasteiger partial charge in [-0.05, 0) is 92.9 Å². The minimum atomic E-state index is 0. The Hall–Kier alpha value is 0.120. The van der Waals surface area contributed by atoms with Gasteiger partial charge in [0.15, 0.2) is 0 Å². The number of hydrogen-bond acceptors (Lipinski definition) is 2. The molecule has 1 N–H and O–H groups in total. The summed E-state index contributed by atoms with van der Waals surface area (Å²) in [5, 5.41) is 5.90. The monoisotopic (exact) mass is 481 g/mol. The smallest absolute Gasteiger partial charge is 0.0731 e. The topological polar surface area (TPSA) is 21.3 Å². The summed E-state index contributed by atoms with van der Waals surface area (Å²) in [6.07, 6.45) is 2.63. The highest BCUT2D eigenvalue weighted by Crippen LogP contribution is 2.29. The second kappa shape index (κ2) is 8.11. The van der Waals surface area contributed by atoms with Gasteiger partial charge >= 0.3 is 0 Å². The standard InChI is InChI=1S/C16H17BrINO.ClH/c17-16-12(10-20-14-5-7-19-8-6-14)2-1-11-9-13(18)3-4-15(11)16;/h1-4,9,14,19H,5-8,10H2;1H. The Morgan fingerprint density at radius 1 is 1.19 bits per heavy atom. The normalized spacial score (nSPS) is 15.9. The number of nitrogens with one attached hydrogen (secondary N) is 1. The molecule has 1 saturated heterocycles. The lowest BCUT2D eigenvalue weighted by Crippen LogP contribution is -2.32. The van der Waals surface area contributed by atoms with Crippen molar-refractivity contribution in [3.05, 3.63) is 43.9 Å². The van der Waals surface area contributed by atoms with Crippen LogP contribution in [-0.4, -0.2) is 19.2 Å². The van der Waals surface area contributed by atoms with Crippen molar-refractivity contribution in [3.8, 4) is 0 Å². The molecule has 0 unspecified atom stereocenters. The van der Waals surface area contributed by atoms with E-state index in [1.807, 2.05) is 0 Å². The van der Waals surface area contributed by atoms with Gasteiger partial charge in [0, 0.05) is 8.04 Å². The molecular formula is C16H18BrClINO. The largest absolute Gasteiger partial charge is 0.373 e. The molecule has 2 aromatic rings. The minimum absolute atomic E-state index is 0. The van der Waals surface area contributed by atoms with Crippen LogP contribution in [0.25, 0.3) is 10.8 Å². The Morgan fingerprint density at radius 3 is 2.71 bits per heavy atom. The Labute approximate surface area is 153 Å². The summed E-state index contributed by atoms with van der Waals surface area (Å²) >= 11 is 6.08. The molecule has 0 radical (unpaired) electrons. The molecule has 0 saturated carbocycles. The molecule has 2 aromatic carbocycles. The van der Waals surface area contributed by atoms with Crippen molar-refractivity contribution in [1.29, 1.82) is 0 Å². The van der Waals surface area contributed by atoms with Gasteiger partial charge in [-0.15, -0.1) is 12.4 Å². The molecule has 21 heavy (non-hydrogen) atoms. The fourth-order valence-corrected chi connectivity index (χ4v) is 3.71. The highest BCUT2D eigenvalue weighted by molar-refractivity contribution is 14.1. The lowest BCUT2D eigenvalue weighted by Gasteiger charge is -2.23. The van der Waals surface area contributed by atoms with Crippen molar-refractivity contribution < 1.29 is 4.74 Å². The maximum Gasteiger partial charge on any atom is 0.0731 e. The molecule has 1 fully saturated rings. The second-order valence-corrected chi connectivity index (χ2v) is 7.20. The number of halogens is 3. The summed E-state index contributed by atoms with van der Waals surface area (Å²) in [4.78, 5) is 0. The molecule has 114 valence electrons. The van der Waals surface area contributed by atoms with Crippen molar-refractivity contribution >= 4 is 61.7 Å². The minimum Gasteiger partial charge on any atom is -0.373 e. The van der Waals surface area contributed by atoms with E-state index in [1.165, 1.54) is 24.4 Å². The van der Waals surface area contributed by atoms with Gasteiger partial charge in [0.1, 0.15) is 0 Å². The Morgan fingerprint density at radius 2 is 1.95 bits per heavy atom. The molecule has 1 aliphatic rings. The van der Waals surface area contributed by atoms with E-state index in [-0.39, 0.29) is 12.4 Å². The summed E-state index contributed by atoms with van der Waals surface area (Å²) in [7, 11) is 0. The van der Waals surface area contributed by atoms with E-state index in [2.05, 4.69) is 74.2 Å². The second-order valence-electron chi connectivity index (χ2n) is 5.16. The first-order chi connectivity index (χ1) is 9.74. The van der Waals surface area contributed by atoms with Crippen molar-refractivity contribution in [3.63, 3.8) is 0 Å². The van der Waals surface area contributed by atoms with Gasteiger partial charge in [-0.2, -0.15) is 0 Å². The number of rotatable bonds is 3. The molecule has 0 aliphatic carbocycles. The maximum absolute atomic E-state index is 6.05. The lowest BCUT2D eigenvalue weighted by molar-refractivity contribution is 0.0210. The van der Waals surface area contributed by atoms with Crippen molar-refractivity contribution in [2.75, 3.05) is 13.1 Å². The van der Waals surface area contributed by atoms with Crippen molar-refractivity contribution in [2.24, 2.45) is 0 Å². The van der Waals surface area contributed by atoms with Crippen LogP contribution < -0.4 is 5.32 Å². The van der Waals surface area contributed by atoms with Gasteiger partial charge in [-0.3, -0.25) is 0 Å². The third kappa shape index (κ3) is 4.32. The van der Waals surface area contributed by atoms with Gasteiger partial charge in [0.25, 0.3) is 0 Å². The van der Waals surface area contributed by atoms with Gasteiger partial charge in [0.05, 0.1) is 12.7 Å². The van der Waals surface area contributed by atoms with E-state index in [9.17, 15) is 0 Å². The Balaban J connectivity index is 0.00000161. The zero-order valence-corrected chi connectivity index (χ0v) is 16.1. The molecule has 0 spiro atoms. The van der Waals surface area contributed by atoms with Gasteiger partial charge in [-0.1, -0.05) is 18.2 Å². The quantitative estimate of drug-likeness (QED) is 0.629. The first kappa shape index (κ1) is 17.5. The third-order valence-electron chi connectivity index (χ3n) is 3.76. The average Bonchev–Trinajstić information content (AvgIpc) is 2.47. The van der Waals surface area contributed by atoms with Crippen LogP contribution in [0.3, 0.4) is 0 Å². The van der Waals surface area contributed by atoms with E-state index in [0.29, 0.717) is 12.7 Å². The predicted octanol–water partition coefficient (Wildman–Crippen LogP) is 4.90. The highest BCUT2D eigenvalue weighted by Gasteiger charge is 2.14. The zero-order chi connectivity index (χ0) is 13.9. The van der Waals surface area contributed by atoms with Crippen LogP contribution in [0.2, 0.25) is 0 Å². The molecule has 5 heteroatoms. The van der Waals surface area contributed by atoms with E-state index in [4.69, 9.17) is 4.74 Å². The number of piperidine rings is 1. The van der Waals surface area contributed by atoms with Crippen LogP contribution in [0.15, 0.2) is 34.8 Å². The summed E-state index contributed by atoms with van der Waals surface area (Å²) in [5.41, 5.74) is 1.23. The number of benzene rings is 2. The lowest BCUT2D eigenvalue weighted by atomic mass is 10.1. The van der Waals surface area contributed by atoms with Crippen molar-refractivity contribution in [1.82, 2.24) is 5.32 Å². The fourth-order valence-electron chi connectivity index (χ4n) is 2.59. The third-order valence-corrected chi connectivity index (χ3v) is 5.36. The number of hydrogen-bond donors (Lipinski definition) is 1. The first-order valence-corrected chi connectivity index (χ1v) is 8.80. The molecule has 0 aromatic heterocycles. The van der Waals surface area contributed by atoms with E-state index in [0.717, 1.165) is 25.9 Å². The van der Waals surface area contributed by atoms with E-state index >= 15 is 0 Å². The zero-order valence-electron chi connectivity index (χ0n) is 11.6. The molecule has 2 nitrogen and oxygen atoms in total. The van der Waals surface area contributed by atoms with Crippen LogP contribution in [0, 0.1) is 3.57 Å². The van der Waals surface area contributed by atoms with Crippen LogP contribution in [0.4, 0.5) is 0 Å². The molecule has 0 atom stereocenters. The molecule has 1 aliphatic heterocycles. The van der Waals surface area contributed by atoms with E-state index < -0.39 is 0 Å². The summed E-state index contributed by atoms with van der Waals surface area (Å²) in [6.45, 7) is 2.83. The fraction of sp³-hybridized carbons (Fsp3) is 0.375. The van der Waals surface area contributed by atoms with E-state index in [1.54, 1.807) is 0 Å². The Bertz CT molecular complexity index is 616. The summed E-state index contributed by atoms with van der Waals surface area (Å²) in [6, 6.07) is 10.9. The Kier molecular flexibility index (Phi) is 6.75. The molecule has 0 amide bonds. The van der Waals surface area contributed by atoms with Crippen LogP contribution in [0.1, 0.15) is 18.4 Å². The molecular weight excluding hydrogens is 464 g/mol. The maximum atomic E-state index is 6.05. The van der Waals surface area contributed by atoms with Crippen LogP contribution in [-0.2, 0) is 11.3 Å². The first-order valence-electron chi connectivity index (χ1n) is 6.93. The van der Waals surface area contributed by atoms with Gasteiger partial charge in [-0.25, -0.2) is 0 Å². The molecule has 0 bridgehead atoms. The number of ether oxygens (including phenoxy) is 1. The predicted molar refractivity (Wildman–Crippen MR) is 102 cm³/mol.